The van der Waals surface area contributed by atoms with Gasteiger partial charge in [0.25, 0.3) is 5.91 Å². The van der Waals surface area contributed by atoms with Gasteiger partial charge in [-0.1, -0.05) is 6.92 Å². The van der Waals surface area contributed by atoms with Crippen LogP contribution in [-0.4, -0.2) is 63.4 Å². The third kappa shape index (κ3) is 2.29. The molecule has 0 spiro atoms. The van der Waals surface area contributed by atoms with Gasteiger partial charge in [-0.05, 0) is 0 Å². The van der Waals surface area contributed by atoms with E-state index in [0.29, 0.717) is 25.3 Å². The number of nitrogens with one attached hydrogen (secondary N) is 2. The van der Waals surface area contributed by atoms with Crippen LogP contribution >= 0.6 is 0 Å². The quantitative estimate of drug-likeness (QED) is 0.614. The van der Waals surface area contributed by atoms with Crippen LogP contribution in [-0.2, 0) is 6.42 Å². The maximum Gasteiger partial charge on any atom is 0.293 e. The van der Waals surface area contributed by atoms with Crippen LogP contribution in [0.1, 0.15) is 23.4 Å². The van der Waals surface area contributed by atoms with Crippen LogP contribution in [0.2, 0.25) is 0 Å². The fourth-order valence-electron chi connectivity index (χ4n) is 1.90. The highest BCUT2D eigenvalue weighted by Crippen LogP contribution is 2.10. The first kappa shape index (κ1) is 12.0. The number of hydrogen-bond donors (Lipinski definition) is 3. The van der Waals surface area contributed by atoms with E-state index in [1.807, 2.05) is 6.92 Å². The van der Waals surface area contributed by atoms with Crippen molar-refractivity contribution in [1.29, 1.82) is 0 Å². The average molecular weight is 239 g/mol. The van der Waals surface area contributed by atoms with Crippen LogP contribution in [0, 0.1) is 0 Å². The van der Waals surface area contributed by atoms with E-state index in [1.165, 1.54) is 4.90 Å². The van der Waals surface area contributed by atoms with Gasteiger partial charge in [-0.15, -0.1) is 5.10 Å². The van der Waals surface area contributed by atoms with Crippen molar-refractivity contribution in [2.24, 2.45) is 0 Å². The number of aromatic amines is 1. The SMILES string of the molecule is CCc1nc(C(=O)N(C)[C@H]2CNC[C@@H]2O)n[nH]1. The van der Waals surface area contributed by atoms with Crippen LogP contribution < -0.4 is 5.32 Å². The first-order valence-electron chi connectivity index (χ1n) is 5.70. The molecule has 0 aromatic carbocycles. The van der Waals surface area contributed by atoms with Crippen LogP contribution in [0.4, 0.5) is 0 Å². The summed E-state index contributed by atoms with van der Waals surface area (Å²) >= 11 is 0. The summed E-state index contributed by atoms with van der Waals surface area (Å²) in [6, 6.07) is -0.217. The summed E-state index contributed by atoms with van der Waals surface area (Å²) in [6.45, 7) is 3.04. The van der Waals surface area contributed by atoms with E-state index in [2.05, 4.69) is 20.5 Å². The van der Waals surface area contributed by atoms with Gasteiger partial charge in [0.2, 0.25) is 5.82 Å². The fraction of sp³-hybridized carbons (Fsp3) is 0.700. The molecule has 7 nitrogen and oxygen atoms in total. The molecule has 0 aliphatic carbocycles. The highest BCUT2D eigenvalue weighted by atomic mass is 16.3. The smallest absolute Gasteiger partial charge is 0.293 e. The third-order valence-corrected chi connectivity index (χ3v) is 3.03. The number of β-amino-alcohol motifs (C(OH)–C–C–N with tert-alkyl or cyclic N) is 1. The van der Waals surface area contributed by atoms with E-state index in [1.54, 1.807) is 7.05 Å². The zero-order chi connectivity index (χ0) is 12.4. The average Bonchev–Trinajstić information content (AvgIpc) is 2.95. The zero-order valence-corrected chi connectivity index (χ0v) is 9.97. The van der Waals surface area contributed by atoms with Crippen molar-refractivity contribution in [3.05, 3.63) is 11.6 Å². The number of aromatic nitrogens is 3. The van der Waals surface area contributed by atoms with E-state index >= 15 is 0 Å². The van der Waals surface area contributed by atoms with E-state index in [0.717, 1.165) is 0 Å². The Hall–Kier alpha value is -1.47. The van der Waals surface area contributed by atoms with Crippen molar-refractivity contribution in [3.63, 3.8) is 0 Å². The normalized spacial score (nSPS) is 23.9. The maximum atomic E-state index is 12.0. The molecule has 2 rings (SSSR count). The van der Waals surface area contributed by atoms with Crippen molar-refractivity contribution in [2.75, 3.05) is 20.1 Å². The second kappa shape index (κ2) is 4.80. The van der Waals surface area contributed by atoms with Crippen molar-refractivity contribution in [2.45, 2.75) is 25.5 Å². The summed E-state index contributed by atoms with van der Waals surface area (Å²) in [5.41, 5.74) is 0. The number of carbonyl (C=O) groups excluding carboxylic acids is 1. The molecule has 1 aliphatic rings. The number of aryl methyl sites for hydroxylation is 1. The highest BCUT2D eigenvalue weighted by molar-refractivity contribution is 5.90. The standard InChI is InChI=1S/C10H17N5O2/c1-3-8-12-9(14-13-8)10(17)15(2)6-4-11-5-7(6)16/h6-7,11,16H,3-5H2,1-2H3,(H,12,13,14)/t6-,7-/m0/s1. The molecule has 7 heteroatoms. The number of carbonyl (C=O) groups is 1. The molecule has 2 heterocycles. The predicted molar refractivity (Wildman–Crippen MR) is 60.5 cm³/mol. The first-order valence-corrected chi connectivity index (χ1v) is 5.70. The van der Waals surface area contributed by atoms with Crippen LogP contribution in [0.5, 0.6) is 0 Å². The van der Waals surface area contributed by atoms with Crippen LogP contribution in [0.25, 0.3) is 0 Å². The summed E-state index contributed by atoms with van der Waals surface area (Å²) in [6.07, 6.45) is 0.172. The van der Waals surface area contributed by atoms with Gasteiger partial charge in [0, 0.05) is 26.6 Å². The molecule has 0 radical (unpaired) electrons. The molecule has 1 aromatic rings. The molecule has 2 atom stereocenters. The predicted octanol–water partition coefficient (Wildman–Crippen LogP) is -1.23. The number of amides is 1. The molecule has 1 saturated heterocycles. The van der Waals surface area contributed by atoms with Gasteiger partial charge in [-0.25, -0.2) is 4.98 Å². The number of H-pyrrole nitrogens is 1. The summed E-state index contributed by atoms with van der Waals surface area (Å²) < 4.78 is 0. The van der Waals surface area contributed by atoms with Crippen molar-refractivity contribution in [3.8, 4) is 0 Å². The van der Waals surface area contributed by atoms with Gasteiger partial charge >= 0.3 is 0 Å². The number of aliphatic hydroxyl groups excluding tert-OH is 1. The summed E-state index contributed by atoms with van der Waals surface area (Å²) in [5.74, 6) is 0.573. The van der Waals surface area contributed by atoms with Crippen molar-refractivity contribution < 1.29 is 9.90 Å². The molecule has 94 valence electrons. The van der Waals surface area contributed by atoms with Crippen molar-refractivity contribution >= 4 is 5.91 Å². The second-order valence-electron chi connectivity index (χ2n) is 4.17. The van der Waals surface area contributed by atoms with E-state index in [-0.39, 0.29) is 17.8 Å². The Morgan fingerprint density at radius 3 is 2.88 bits per heavy atom. The molecular weight excluding hydrogens is 222 g/mol. The minimum atomic E-state index is -0.534. The minimum absolute atomic E-state index is 0.156. The molecule has 1 aliphatic heterocycles. The van der Waals surface area contributed by atoms with Crippen molar-refractivity contribution in [1.82, 2.24) is 25.4 Å². The van der Waals surface area contributed by atoms with Gasteiger partial charge in [-0.2, -0.15) is 0 Å². The number of aliphatic hydroxyl groups is 1. The molecule has 17 heavy (non-hydrogen) atoms. The molecule has 1 fully saturated rings. The Morgan fingerprint density at radius 2 is 2.35 bits per heavy atom. The van der Waals surface area contributed by atoms with Gasteiger partial charge in [0.1, 0.15) is 5.82 Å². The van der Waals surface area contributed by atoms with Gasteiger partial charge < -0.3 is 15.3 Å². The first-order chi connectivity index (χ1) is 8.13. The minimum Gasteiger partial charge on any atom is -0.390 e. The summed E-state index contributed by atoms with van der Waals surface area (Å²) in [7, 11) is 1.66. The Labute approximate surface area is 99.2 Å². The lowest BCUT2D eigenvalue weighted by molar-refractivity contribution is 0.0570. The van der Waals surface area contributed by atoms with E-state index < -0.39 is 6.10 Å². The Morgan fingerprint density at radius 1 is 1.59 bits per heavy atom. The molecule has 3 N–H and O–H groups in total. The molecular formula is C10H17N5O2. The molecule has 0 bridgehead atoms. The fourth-order valence-corrected chi connectivity index (χ4v) is 1.90. The molecule has 1 amide bonds. The van der Waals surface area contributed by atoms with Crippen LogP contribution in [0.15, 0.2) is 0 Å². The Kier molecular flexibility index (Phi) is 3.39. The lowest BCUT2D eigenvalue weighted by Gasteiger charge is -2.25. The Bertz CT molecular complexity index is 405. The zero-order valence-electron chi connectivity index (χ0n) is 9.97. The van der Waals surface area contributed by atoms with Gasteiger partial charge in [-0.3, -0.25) is 9.89 Å². The monoisotopic (exact) mass is 239 g/mol. The number of rotatable bonds is 3. The number of likely N-dealkylation sites (N-methyl/N-ethyl adjacent to an activating group) is 1. The second-order valence-corrected chi connectivity index (χ2v) is 4.17. The van der Waals surface area contributed by atoms with Gasteiger partial charge in [0.15, 0.2) is 0 Å². The maximum absolute atomic E-state index is 12.0. The van der Waals surface area contributed by atoms with Gasteiger partial charge in [0.05, 0.1) is 12.1 Å². The van der Waals surface area contributed by atoms with E-state index in [9.17, 15) is 9.90 Å². The molecule has 1 aromatic heterocycles. The Balaban J connectivity index is 2.08. The molecule has 0 saturated carbocycles. The number of hydrogen-bond acceptors (Lipinski definition) is 5. The lowest BCUT2D eigenvalue weighted by atomic mass is 10.2. The molecule has 0 unspecified atom stereocenters. The lowest BCUT2D eigenvalue weighted by Crippen LogP contribution is -2.44. The third-order valence-electron chi connectivity index (χ3n) is 3.03. The topological polar surface area (TPSA) is 94.1 Å². The van der Waals surface area contributed by atoms with Crippen LogP contribution in [0.3, 0.4) is 0 Å². The largest absolute Gasteiger partial charge is 0.390 e. The summed E-state index contributed by atoms with van der Waals surface area (Å²) in [4.78, 5) is 17.6. The number of nitrogens with zero attached hydrogens (tertiary/aromatic N) is 3. The van der Waals surface area contributed by atoms with E-state index in [4.69, 9.17) is 0 Å². The highest BCUT2D eigenvalue weighted by Gasteiger charge is 2.32. The summed E-state index contributed by atoms with van der Waals surface area (Å²) in [5, 5.41) is 19.3.